The smallest absolute Gasteiger partial charge is 0.490 e. The first-order valence-corrected chi connectivity index (χ1v) is 15.1. The molecule has 0 unspecified atom stereocenters. The summed E-state index contributed by atoms with van der Waals surface area (Å²) in [6.45, 7) is 3.31. The molecule has 1 aliphatic rings. The molecule has 0 radical (unpaired) electrons. The van der Waals surface area contributed by atoms with E-state index < -0.39 is 22.2 Å². The van der Waals surface area contributed by atoms with Crippen LogP contribution >= 0.6 is 11.3 Å². The number of thiophene rings is 1. The molecule has 0 bridgehead atoms. The third-order valence-electron chi connectivity index (χ3n) is 6.33. The van der Waals surface area contributed by atoms with Crippen LogP contribution in [0.4, 0.5) is 13.2 Å². The number of alkyl halides is 3. The van der Waals surface area contributed by atoms with Crippen LogP contribution in [0.2, 0.25) is 0 Å². The number of rotatable bonds is 10. The van der Waals surface area contributed by atoms with Gasteiger partial charge in [-0.05, 0) is 74.9 Å². The Bertz CT molecular complexity index is 1380. The molecule has 4 rings (SSSR count). The minimum absolute atomic E-state index is 0.292. The van der Waals surface area contributed by atoms with Gasteiger partial charge in [0.25, 0.3) is 0 Å². The van der Waals surface area contributed by atoms with Gasteiger partial charge in [0.2, 0.25) is 10.0 Å². The maximum atomic E-state index is 12.8. The molecule has 0 spiro atoms. The highest BCUT2D eigenvalue weighted by Gasteiger charge is 2.38. The van der Waals surface area contributed by atoms with Crippen LogP contribution in [0, 0.1) is 0 Å². The summed E-state index contributed by atoms with van der Waals surface area (Å²) >= 11 is 1.25. The largest absolute Gasteiger partial charge is 0.496 e. The first-order chi connectivity index (χ1) is 19.4. The van der Waals surface area contributed by atoms with E-state index in [-0.39, 0.29) is 0 Å². The van der Waals surface area contributed by atoms with Gasteiger partial charge in [-0.1, -0.05) is 12.1 Å². The summed E-state index contributed by atoms with van der Waals surface area (Å²) in [4.78, 5) is 16.4. The van der Waals surface area contributed by atoms with E-state index >= 15 is 0 Å². The van der Waals surface area contributed by atoms with Gasteiger partial charge in [0.1, 0.15) is 9.96 Å². The summed E-state index contributed by atoms with van der Waals surface area (Å²) in [5, 5.41) is 10.8. The van der Waals surface area contributed by atoms with Gasteiger partial charge in [-0.3, -0.25) is 4.98 Å². The van der Waals surface area contributed by atoms with Gasteiger partial charge in [-0.25, -0.2) is 17.9 Å². The molecule has 1 aromatic carbocycles. The number of carboxylic acid groups (broad SMARTS) is 1. The number of sulfonamides is 1. The van der Waals surface area contributed by atoms with Crippen molar-refractivity contribution in [2.45, 2.75) is 42.2 Å². The molecule has 1 fully saturated rings. The summed E-state index contributed by atoms with van der Waals surface area (Å²) in [7, 11) is 0.210. The van der Waals surface area contributed by atoms with Gasteiger partial charge < -0.3 is 20.1 Å². The molecule has 0 atom stereocenters. The molecule has 1 saturated heterocycles. The Kier molecular flexibility index (Phi) is 11.7. The van der Waals surface area contributed by atoms with Crippen LogP contribution in [0.5, 0.6) is 5.75 Å². The molecule has 0 aliphatic carbocycles. The Morgan fingerprint density at radius 1 is 1.17 bits per heavy atom. The Balaban J connectivity index is 0.000000587. The summed E-state index contributed by atoms with van der Waals surface area (Å²) in [5.74, 6) is -2.02. The number of piperidine rings is 1. The molecule has 3 heterocycles. The van der Waals surface area contributed by atoms with Gasteiger partial charge in [-0.2, -0.15) is 13.2 Å². The van der Waals surface area contributed by atoms with Gasteiger partial charge in [0.15, 0.2) is 0 Å². The molecule has 41 heavy (non-hydrogen) atoms. The van der Waals surface area contributed by atoms with Crippen molar-refractivity contribution in [3.8, 4) is 16.2 Å². The van der Waals surface area contributed by atoms with Crippen molar-refractivity contribution < 1.29 is 36.2 Å². The van der Waals surface area contributed by atoms with E-state index in [0.717, 1.165) is 59.9 Å². The number of likely N-dealkylation sites (tertiary alicyclic amines) is 1. The van der Waals surface area contributed by atoms with Crippen LogP contribution < -0.4 is 14.8 Å². The number of halogens is 3. The minimum atomic E-state index is -5.08. The number of methoxy groups -OCH3 is 1. The standard InChI is InChI=1S/C25H32N4O3S2.C2HF3O2/c1-29-15-11-21(12-16-29)27-18-19-6-7-23(32-2)22(17-19)24-8-9-25(33-24)34(30,31)28-14-10-20-5-3-4-13-26-20;3-2(4,5)1(6)7/h3-9,13,17,21,27-28H,10-12,14-16,18H2,1-2H3;(H,6,7). The summed E-state index contributed by atoms with van der Waals surface area (Å²) in [5.41, 5.74) is 2.92. The first kappa shape index (κ1) is 32.5. The predicted octanol–water partition coefficient (Wildman–Crippen LogP) is 4.16. The molecule has 3 aromatic rings. The van der Waals surface area contributed by atoms with Crippen molar-refractivity contribution >= 4 is 27.3 Å². The number of aliphatic carboxylic acids is 1. The maximum absolute atomic E-state index is 12.8. The topological polar surface area (TPSA) is 121 Å². The number of hydrogen-bond donors (Lipinski definition) is 3. The Morgan fingerprint density at radius 2 is 1.88 bits per heavy atom. The number of nitrogens with one attached hydrogen (secondary N) is 2. The summed E-state index contributed by atoms with van der Waals surface area (Å²) in [6.07, 6.45) is -0.531. The lowest BCUT2D eigenvalue weighted by Gasteiger charge is -2.29. The van der Waals surface area contributed by atoms with E-state index in [1.807, 2.05) is 30.3 Å². The highest BCUT2D eigenvalue weighted by atomic mass is 32.2. The third kappa shape index (κ3) is 10.1. The van der Waals surface area contributed by atoms with Crippen LogP contribution in [0.3, 0.4) is 0 Å². The molecule has 9 nitrogen and oxygen atoms in total. The van der Waals surface area contributed by atoms with E-state index in [1.165, 1.54) is 11.3 Å². The van der Waals surface area contributed by atoms with E-state index in [9.17, 15) is 21.6 Å². The third-order valence-corrected chi connectivity index (χ3v) is 9.40. The van der Waals surface area contributed by atoms with Crippen molar-refractivity contribution in [3.63, 3.8) is 0 Å². The second-order valence-corrected chi connectivity index (χ2v) is 12.5. The lowest BCUT2D eigenvalue weighted by Crippen LogP contribution is -2.40. The molecule has 0 saturated carbocycles. The first-order valence-electron chi connectivity index (χ1n) is 12.8. The quantitative estimate of drug-likeness (QED) is 0.312. The van der Waals surface area contributed by atoms with Crippen molar-refractivity contribution in [1.29, 1.82) is 0 Å². The highest BCUT2D eigenvalue weighted by molar-refractivity contribution is 7.91. The Morgan fingerprint density at radius 3 is 2.49 bits per heavy atom. The molecule has 0 amide bonds. The second kappa shape index (κ2) is 14.7. The van der Waals surface area contributed by atoms with E-state index in [0.29, 0.717) is 23.2 Å². The van der Waals surface area contributed by atoms with Crippen LogP contribution in [-0.4, -0.2) is 75.4 Å². The van der Waals surface area contributed by atoms with Crippen LogP contribution in [0.15, 0.2) is 58.9 Å². The number of carbonyl (C=O) groups is 1. The lowest BCUT2D eigenvalue weighted by atomic mass is 10.0. The van der Waals surface area contributed by atoms with Gasteiger partial charge >= 0.3 is 12.1 Å². The number of ether oxygens (including phenoxy) is 1. The molecular formula is C27H33F3N4O5S2. The monoisotopic (exact) mass is 614 g/mol. The van der Waals surface area contributed by atoms with Crippen molar-refractivity contribution in [2.75, 3.05) is 33.8 Å². The zero-order chi connectivity index (χ0) is 30.0. The predicted molar refractivity (Wildman–Crippen MR) is 150 cm³/mol. The number of carboxylic acids is 1. The second-order valence-electron chi connectivity index (χ2n) is 9.38. The van der Waals surface area contributed by atoms with Crippen LogP contribution in [0.25, 0.3) is 10.4 Å². The fourth-order valence-electron chi connectivity index (χ4n) is 4.07. The maximum Gasteiger partial charge on any atom is 0.490 e. The average molecular weight is 615 g/mol. The zero-order valence-corrected chi connectivity index (χ0v) is 24.3. The molecule has 224 valence electrons. The van der Waals surface area contributed by atoms with E-state index in [2.05, 4.69) is 39.1 Å². The van der Waals surface area contributed by atoms with Gasteiger partial charge in [0, 0.05) is 47.9 Å². The minimum Gasteiger partial charge on any atom is -0.496 e. The average Bonchev–Trinajstić information content (AvgIpc) is 3.44. The van der Waals surface area contributed by atoms with Gasteiger partial charge in [0.05, 0.1) is 7.11 Å². The van der Waals surface area contributed by atoms with Crippen LogP contribution in [0.1, 0.15) is 24.1 Å². The van der Waals surface area contributed by atoms with Gasteiger partial charge in [-0.15, -0.1) is 11.3 Å². The molecule has 2 aromatic heterocycles. The molecular weight excluding hydrogens is 581 g/mol. The fraction of sp³-hybridized carbons (Fsp3) is 0.407. The van der Waals surface area contributed by atoms with Crippen molar-refractivity contribution in [2.24, 2.45) is 0 Å². The lowest BCUT2D eigenvalue weighted by molar-refractivity contribution is -0.192. The Hall–Kier alpha value is -3.04. The number of benzene rings is 1. The highest BCUT2D eigenvalue weighted by Crippen LogP contribution is 2.37. The molecule has 1 aliphatic heterocycles. The number of hydrogen-bond acceptors (Lipinski definition) is 8. The van der Waals surface area contributed by atoms with E-state index in [4.69, 9.17) is 14.6 Å². The van der Waals surface area contributed by atoms with E-state index in [1.54, 1.807) is 19.4 Å². The SMILES string of the molecule is COc1ccc(CNC2CCN(C)CC2)cc1-c1ccc(S(=O)(=O)NCCc2ccccn2)s1.O=C(O)C(F)(F)F. The van der Waals surface area contributed by atoms with Crippen molar-refractivity contribution in [3.05, 3.63) is 66.0 Å². The number of nitrogens with zero attached hydrogens (tertiary/aromatic N) is 2. The van der Waals surface area contributed by atoms with Crippen molar-refractivity contribution in [1.82, 2.24) is 19.9 Å². The Labute approximate surface area is 241 Å². The number of pyridine rings is 1. The molecule has 14 heteroatoms. The zero-order valence-electron chi connectivity index (χ0n) is 22.6. The normalized spacial score (nSPS) is 14.8. The summed E-state index contributed by atoms with van der Waals surface area (Å²) < 4.78 is 65.9. The summed E-state index contributed by atoms with van der Waals surface area (Å²) in [6, 6.07) is 15.8. The molecule has 3 N–H and O–H groups in total. The number of aromatic nitrogens is 1. The van der Waals surface area contributed by atoms with Crippen LogP contribution in [-0.2, 0) is 27.8 Å². The fourth-order valence-corrected chi connectivity index (χ4v) is 6.48.